The van der Waals surface area contributed by atoms with Gasteiger partial charge >= 0.3 is 0 Å². The predicted octanol–water partition coefficient (Wildman–Crippen LogP) is 2.63. The molecule has 1 aliphatic rings. The highest BCUT2D eigenvalue weighted by Crippen LogP contribution is 2.27. The van der Waals surface area contributed by atoms with E-state index in [1.807, 2.05) is 24.3 Å². The lowest BCUT2D eigenvalue weighted by Gasteiger charge is -2.06. The fraction of sp³-hybridized carbons (Fsp3) is 0.533. The SMILES string of the molecule is Cc1ccc(OCCSCC(=O)NCC2CC2)cc1. The third-order valence-corrected chi connectivity index (χ3v) is 3.96. The average Bonchev–Trinajstić information content (AvgIpc) is 3.22. The summed E-state index contributed by atoms with van der Waals surface area (Å²) >= 11 is 1.62. The zero-order chi connectivity index (χ0) is 13.5. The van der Waals surface area contributed by atoms with Crippen LogP contribution in [0.2, 0.25) is 0 Å². The molecule has 0 radical (unpaired) electrons. The van der Waals surface area contributed by atoms with Gasteiger partial charge in [-0.15, -0.1) is 11.8 Å². The topological polar surface area (TPSA) is 38.3 Å². The van der Waals surface area contributed by atoms with Crippen LogP contribution in [0.1, 0.15) is 18.4 Å². The summed E-state index contributed by atoms with van der Waals surface area (Å²) < 4.78 is 5.60. The third-order valence-electron chi connectivity index (χ3n) is 3.04. The number of thioether (sulfide) groups is 1. The van der Waals surface area contributed by atoms with E-state index in [2.05, 4.69) is 12.2 Å². The van der Waals surface area contributed by atoms with E-state index in [-0.39, 0.29) is 5.91 Å². The molecule has 3 nitrogen and oxygen atoms in total. The van der Waals surface area contributed by atoms with Crippen LogP contribution in [-0.4, -0.2) is 30.6 Å². The van der Waals surface area contributed by atoms with E-state index < -0.39 is 0 Å². The smallest absolute Gasteiger partial charge is 0.230 e. The summed E-state index contributed by atoms with van der Waals surface area (Å²) in [5, 5.41) is 2.96. The van der Waals surface area contributed by atoms with Gasteiger partial charge in [0.05, 0.1) is 12.4 Å². The van der Waals surface area contributed by atoms with Crippen LogP contribution in [0.3, 0.4) is 0 Å². The lowest BCUT2D eigenvalue weighted by molar-refractivity contribution is -0.118. The minimum atomic E-state index is 0.146. The van der Waals surface area contributed by atoms with Crippen molar-refractivity contribution in [1.82, 2.24) is 5.32 Å². The van der Waals surface area contributed by atoms with Gasteiger partial charge in [-0.25, -0.2) is 0 Å². The number of rotatable bonds is 8. The first kappa shape index (κ1) is 14.3. The molecule has 19 heavy (non-hydrogen) atoms. The van der Waals surface area contributed by atoms with Crippen molar-refractivity contribution in [3.05, 3.63) is 29.8 Å². The van der Waals surface area contributed by atoms with E-state index in [0.29, 0.717) is 12.4 Å². The van der Waals surface area contributed by atoms with Crippen molar-refractivity contribution in [3.8, 4) is 5.75 Å². The molecule has 0 aliphatic heterocycles. The van der Waals surface area contributed by atoms with Crippen molar-refractivity contribution in [2.75, 3.05) is 24.7 Å². The summed E-state index contributed by atoms with van der Waals surface area (Å²) in [7, 11) is 0. The number of carbonyl (C=O) groups excluding carboxylic acids is 1. The standard InChI is InChI=1S/C15H21NO2S/c1-12-2-6-14(7-3-12)18-8-9-19-11-15(17)16-10-13-4-5-13/h2-3,6-7,13H,4-5,8-11H2,1H3,(H,16,17). The van der Waals surface area contributed by atoms with Crippen LogP contribution < -0.4 is 10.1 Å². The Kier molecular flexibility index (Phi) is 5.58. The van der Waals surface area contributed by atoms with Gasteiger partial charge in [0, 0.05) is 12.3 Å². The second-order valence-corrected chi connectivity index (χ2v) is 6.07. The van der Waals surface area contributed by atoms with Crippen molar-refractivity contribution in [3.63, 3.8) is 0 Å². The zero-order valence-electron chi connectivity index (χ0n) is 11.4. The molecule has 1 aromatic carbocycles. The van der Waals surface area contributed by atoms with Crippen molar-refractivity contribution < 1.29 is 9.53 Å². The predicted molar refractivity (Wildman–Crippen MR) is 79.7 cm³/mol. The van der Waals surface area contributed by atoms with Crippen LogP contribution in [0, 0.1) is 12.8 Å². The Bertz CT molecular complexity index is 401. The molecule has 0 saturated heterocycles. The molecule has 1 amide bonds. The van der Waals surface area contributed by atoms with Crippen LogP contribution in [0.4, 0.5) is 0 Å². The highest BCUT2D eigenvalue weighted by Gasteiger charge is 2.21. The Labute approximate surface area is 119 Å². The second-order valence-electron chi connectivity index (χ2n) is 4.96. The van der Waals surface area contributed by atoms with Gasteiger partial charge in [0.25, 0.3) is 0 Å². The summed E-state index contributed by atoms with van der Waals surface area (Å²) in [6.45, 7) is 3.56. The number of ether oxygens (including phenoxy) is 1. The monoisotopic (exact) mass is 279 g/mol. The van der Waals surface area contributed by atoms with Crippen molar-refractivity contribution >= 4 is 17.7 Å². The third kappa shape index (κ3) is 6.01. The molecule has 1 aromatic rings. The molecule has 0 spiro atoms. The summed E-state index contributed by atoms with van der Waals surface area (Å²) in [4.78, 5) is 11.5. The van der Waals surface area contributed by atoms with Gasteiger partial charge in [-0.3, -0.25) is 4.79 Å². The number of carbonyl (C=O) groups is 1. The van der Waals surface area contributed by atoms with Crippen molar-refractivity contribution in [1.29, 1.82) is 0 Å². The minimum absolute atomic E-state index is 0.146. The van der Waals surface area contributed by atoms with E-state index in [4.69, 9.17) is 4.74 Å². The largest absolute Gasteiger partial charge is 0.493 e. The van der Waals surface area contributed by atoms with E-state index in [1.165, 1.54) is 18.4 Å². The van der Waals surface area contributed by atoms with Gasteiger partial charge in [-0.1, -0.05) is 17.7 Å². The summed E-state index contributed by atoms with van der Waals surface area (Å²) in [5.41, 5.74) is 1.23. The number of benzene rings is 1. The molecule has 0 heterocycles. The van der Waals surface area contributed by atoms with Crippen LogP contribution in [0.15, 0.2) is 24.3 Å². The lowest BCUT2D eigenvalue weighted by Crippen LogP contribution is -2.27. The Balaban J connectivity index is 1.49. The minimum Gasteiger partial charge on any atom is -0.493 e. The maximum atomic E-state index is 11.5. The first-order chi connectivity index (χ1) is 9.24. The van der Waals surface area contributed by atoms with E-state index in [0.717, 1.165) is 24.0 Å². The molecule has 1 fully saturated rings. The lowest BCUT2D eigenvalue weighted by atomic mass is 10.2. The fourth-order valence-electron chi connectivity index (χ4n) is 1.65. The Morgan fingerprint density at radius 1 is 1.37 bits per heavy atom. The normalized spacial score (nSPS) is 14.2. The van der Waals surface area contributed by atoms with Gasteiger partial charge in [0.2, 0.25) is 5.91 Å². The van der Waals surface area contributed by atoms with Crippen molar-refractivity contribution in [2.45, 2.75) is 19.8 Å². The van der Waals surface area contributed by atoms with E-state index in [1.54, 1.807) is 11.8 Å². The second kappa shape index (κ2) is 7.43. The van der Waals surface area contributed by atoms with Crippen LogP contribution in [0.5, 0.6) is 5.75 Å². The molecule has 1 N–H and O–H groups in total. The quantitative estimate of drug-likeness (QED) is 0.743. The van der Waals surface area contributed by atoms with Gasteiger partial charge in [-0.05, 0) is 37.8 Å². The Morgan fingerprint density at radius 2 is 2.11 bits per heavy atom. The van der Waals surface area contributed by atoms with E-state index >= 15 is 0 Å². The molecule has 0 atom stereocenters. The molecular weight excluding hydrogens is 258 g/mol. The molecular formula is C15H21NO2S. The molecule has 104 valence electrons. The average molecular weight is 279 g/mol. The van der Waals surface area contributed by atoms with Gasteiger partial charge in [0.15, 0.2) is 0 Å². The van der Waals surface area contributed by atoms with E-state index in [9.17, 15) is 4.79 Å². The number of nitrogens with one attached hydrogen (secondary N) is 1. The summed E-state index contributed by atoms with van der Waals surface area (Å²) in [6.07, 6.45) is 2.55. The molecule has 2 rings (SSSR count). The molecule has 1 aliphatic carbocycles. The number of hydrogen-bond donors (Lipinski definition) is 1. The van der Waals surface area contributed by atoms with Gasteiger partial charge in [-0.2, -0.15) is 0 Å². The molecule has 0 bridgehead atoms. The highest BCUT2D eigenvalue weighted by atomic mass is 32.2. The fourth-order valence-corrected chi connectivity index (χ4v) is 2.28. The van der Waals surface area contributed by atoms with Crippen LogP contribution in [0.25, 0.3) is 0 Å². The van der Waals surface area contributed by atoms with Crippen molar-refractivity contribution in [2.24, 2.45) is 5.92 Å². The first-order valence-electron chi connectivity index (χ1n) is 6.78. The number of aryl methyl sites for hydroxylation is 1. The van der Waals surface area contributed by atoms with Gasteiger partial charge in [0.1, 0.15) is 5.75 Å². The Morgan fingerprint density at radius 3 is 2.79 bits per heavy atom. The summed E-state index contributed by atoms with van der Waals surface area (Å²) in [6, 6.07) is 8.02. The molecule has 4 heteroatoms. The highest BCUT2D eigenvalue weighted by molar-refractivity contribution is 7.99. The van der Waals surface area contributed by atoms with Crippen LogP contribution in [-0.2, 0) is 4.79 Å². The van der Waals surface area contributed by atoms with Crippen LogP contribution >= 0.6 is 11.8 Å². The first-order valence-corrected chi connectivity index (χ1v) is 7.93. The molecule has 1 saturated carbocycles. The summed E-state index contributed by atoms with van der Waals surface area (Å²) in [5.74, 6) is 3.16. The zero-order valence-corrected chi connectivity index (χ0v) is 12.2. The Hall–Kier alpha value is -1.16. The number of amides is 1. The maximum absolute atomic E-state index is 11.5. The maximum Gasteiger partial charge on any atom is 0.230 e. The molecule has 0 unspecified atom stereocenters. The molecule has 0 aromatic heterocycles. The number of hydrogen-bond acceptors (Lipinski definition) is 3. The van der Waals surface area contributed by atoms with Gasteiger partial charge < -0.3 is 10.1 Å².